The van der Waals surface area contributed by atoms with E-state index in [-0.39, 0.29) is 0 Å². The Morgan fingerprint density at radius 1 is 1.39 bits per heavy atom. The molecule has 4 heteroatoms. The molecule has 18 heavy (non-hydrogen) atoms. The van der Waals surface area contributed by atoms with Crippen molar-refractivity contribution in [3.05, 3.63) is 32.8 Å². The zero-order chi connectivity index (χ0) is 13.0. The second kappa shape index (κ2) is 6.90. The van der Waals surface area contributed by atoms with Crippen LogP contribution in [-0.4, -0.2) is 20.2 Å². The number of hydrogen-bond donors (Lipinski definition) is 1. The maximum atomic E-state index is 6.31. The smallest absolute Gasteiger partial charge is 0.0738 e. The van der Waals surface area contributed by atoms with Gasteiger partial charge in [0.15, 0.2) is 0 Å². The summed E-state index contributed by atoms with van der Waals surface area (Å²) < 4.78 is 6.21. The lowest BCUT2D eigenvalue weighted by Crippen LogP contribution is -2.28. The molecule has 1 aliphatic rings. The Hall–Kier alpha value is -0.0900. The molecule has 0 aliphatic carbocycles. The van der Waals surface area contributed by atoms with Crippen LogP contribution in [-0.2, 0) is 17.8 Å². The highest BCUT2D eigenvalue weighted by Gasteiger charge is 2.15. The van der Waals surface area contributed by atoms with Crippen molar-refractivity contribution in [3.63, 3.8) is 0 Å². The van der Waals surface area contributed by atoms with Crippen LogP contribution in [0.5, 0.6) is 0 Å². The first-order valence-electron chi connectivity index (χ1n) is 6.37. The Balaban J connectivity index is 2.09. The van der Waals surface area contributed by atoms with E-state index in [0.29, 0.717) is 6.61 Å². The van der Waals surface area contributed by atoms with Crippen molar-refractivity contribution >= 4 is 27.5 Å². The first-order chi connectivity index (χ1) is 8.70. The number of benzene rings is 1. The van der Waals surface area contributed by atoms with Gasteiger partial charge < -0.3 is 10.1 Å². The predicted molar refractivity (Wildman–Crippen MR) is 79.2 cm³/mol. The van der Waals surface area contributed by atoms with Gasteiger partial charge in [-0.25, -0.2) is 0 Å². The van der Waals surface area contributed by atoms with E-state index in [9.17, 15) is 0 Å². The second-order valence-electron chi connectivity index (χ2n) is 4.87. The molecule has 100 valence electrons. The van der Waals surface area contributed by atoms with Crippen molar-refractivity contribution < 1.29 is 4.74 Å². The average molecular weight is 333 g/mol. The van der Waals surface area contributed by atoms with Crippen molar-refractivity contribution in [3.8, 4) is 0 Å². The van der Waals surface area contributed by atoms with Crippen LogP contribution < -0.4 is 5.32 Å². The maximum absolute atomic E-state index is 6.31. The van der Waals surface area contributed by atoms with Crippen molar-refractivity contribution in [2.75, 3.05) is 20.2 Å². The van der Waals surface area contributed by atoms with Gasteiger partial charge in [0.05, 0.1) is 6.61 Å². The fraction of sp³-hybridized carbons (Fsp3) is 0.571. The number of hydrogen-bond acceptors (Lipinski definition) is 2. The van der Waals surface area contributed by atoms with E-state index in [2.05, 4.69) is 33.4 Å². The van der Waals surface area contributed by atoms with E-state index in [1.165, 1.54) is 18.4 Å². The SMILES string of the molecule is COCc1c(Cl)cc(CC2CCNCC2)cc1Br. The average Bonchev–Trinajstić information content (AvgIpc) is 2.35. The van der Waals surface area contributed by atoms with E-state index in [1.807, 2.05) is 0 Å². The number of methoxy groups -OCH3 is 1. The summed E-state index contributed by atoms with van der Waals surface area (Å²) in [6.45, 7) is 2.83. The van der Waals surface area contributed by atoms with Crippen LogP contribution in [0.25, 0.3) is 0 Å². The van der Waals surface area contributed by atoms with Crippen molar-refractivity contribution in [1.29, 1.82) is 0 Å². The molecular formula is C14H19BrClNO. The second-order valence-corrected chi connectivity index (χ2v) is 6.13. The molecule has 1 aromatic carbocycles. The Morgan fingerprint density at radius 2 is 2.11 bits per heavy atom. The van der Waals surface area contributed by atoms with E-state index in [4.69, 9.17) is 16.3 Å². The van der Waals surface area contributed by atoms with Gasteiger partial charge in [0.2, 0.25) is 0 Å². The Labute approximate surface area is 122 Å². The molecule has 1 saturated heterocycles. The zero-order valence-electron chi connectivity index (χ0n) is 10.6. The summed E-state index contributed by atoms with van der Waals surface area (Å²) in [4.78, 5) is 0. The minimum Gasteiger partial charge on any atom is -0.380 e. The van der Waals surface area contributed by atoms with Gasteiger partial charge in [-0.3, -0.25) is 0 Å². The molecule has 0 amide bonds. The van der Waals surface area contributed by atoms with Gasteiger partial charge in [-0.15, -0.1) is 0 Å². The van der Waals surface area contributed by atoms with E-state index >= 15 is 0 Å². The Kier molecular flexibility index (Phi) is 5.49. The zero-order valence-corrected chi connectivity index (χ0v) is 13.0. The standard InChI is InChI=1S/C14H19BrClNO/c1-18-9-12-13(15)7-11(8-14(12)16)6-10-2-4-17-5-3-10/h7-8,10,17H,2-6,9H2,1H3. The van der Waals surface area contributed by atoms with E-state index in [1.54, 1.807) is 7.11 Å². The van der Waals surface area contributed by atoms with Crippen LogP contribution >= 0.6 is 27.5 Å². The molecule has 0 spiro atoms. The van der Waals surface area contributed by atoms with Crippen LogP contribution in [0.15, 0.2) is 16.6 Å². The van der Waals surface area contributed by atoms with E-state index in [0.717, 1.165) is 40.5 Å². The fourth-order valence-electron chi connectivity index (χ4n) is 2.47. The monoisotopic (exact) mass is 331 g/mol. The van der Waals surface area contributed by atoms with Gasteiger partial charge in [0, 0.05) is 22.2 Å². The highest BCUT2D eigenvalue weighted by atomic mass is 79.9. The van der Waals surface area contributed by atoms with Crippen molar-refractivity contribution in [1.82, 2.24) is 5.32 Å². The van der Waals surface area contributed by atoms with Gasteiger partial charge in [-0.05, 0) is 56.0 Å². The summed E-state index contributed by atoms with van der Waals surface area (Å²) in [6.07, 6.45) is 3.64. The molecule has 0 unspecified atom stereocenters. The van der Waals surface area contributed by atoms with E-state index < -0.39 is 0 Å². The van der Waals surface area contributed by atoms with Gasteiger partial charge >= 0.3 is 0 Å². The summed E-state index contributed by atoms with van der Waals surface area (Å²) in [5, 5.41) is 4.20. The Bertz CT molecular complexity index is 382. The van der Waals surface area contributed by atoms with Crippen LogP contribution in [0, 0.1) is 5.92 Å². The number of piperidine rings is 1. The lowest BCUT2D eigenvalue weighted by molar-refractivity contribution is 0.184. The van der Waals surface area contributed by atoms with Gasteiger partial charge in [-0.2, -0.15) is 0 Å². The normalized spacial score (nSPS) is 17.1. The van der Waals surface area contributed by atoms with Crippen LogP contribution in [0.3, 0.4) is 0 Å². The molecule has 0 saturated carbocycles. The summed E-state index contributed by atoms with van der Waals surface area (Å²) in [5.74, 6) is 0.780. The van der Waals surface area contributed by atoms with Gasteiger partial charge in [-0.1, -0.05) is 27.5 Å². The minimum atomic E-state index is 0.549. The summed E-state index contributed by atoms with van der Waals surface area (Å²) in [7, 11) is 1.69. The van der Waals surface area contributed by atoms with Crippen LogP contribution in [0.1, 0.15) is 24.0 Å². The highest BCUT2D eigenvalue weighted by molar-refractivity contribution is 9.10. The third kappa shape index (κ3) is 3.70. The molecule has 2 nitrogen and oxygen atoms in total. The predicted octanol–water partition coefficient (Wildman–Crippen LogP) is 3.79. The van der Waals surface area contributed by atoms with Crippen LogP contribution in [0.2, 0.25) is 5.02 Å². The fourth-order valence-corrected chi connectivity index (χ4v) is 3.51. The maximum Gasteiger partial charge on any atom is 0.0738 e. The number of ether oxygens (including phenoxy) is 1. The summed E-state index contributed by atoms with van der Waals surface area (Å²) in [6, 6.07) is 4.27. The van der Waals surface area contributed by atoms with Gasteiger partial charge in [0.1, 0.15) is 0 Å². The molecule has 0 aromatic heterocycles. The molecule has 1 heterocycles. The molecule has 0 radical (unpaired) electrons. The molecule has 0 atom stereocenters. The third-order valence-corrected chi connectivity index (χ3v) is 4.52. The molecule has 2 rings (SSSR count). The number of halogens is 2. The molecule has 1 aliphatic heterocycles. The minimum absolute atomic E-state index is 0.549. The van der Waals surface area contributed by atoms with Gasteiger partial charge in [0.25, 0.3) is 0 Å². The number of rotatable bonds is 4. The lowest BCUT2D eigenvalue weighted by atomic mass is 9.91. The van der Waals surface area contributed by atoms with Crippen molar-refractivity contribution in [2.45, 2.75) is 25.9 Å². The third-order valence-electron chi connectivity index (χ3n) is 3.47. The quantitative estimate of drug-likeness (QED) is 0.906. The number of nitrogens with one attached hydrogen (secondary N) is 1. The summed E-state index contributed by atoms with van der Waals surface area (Å²) >= 11 is 9.90. The molecule has 0 bridgehead atoms. The van der Waals surface area contributed by atoms with Crippen LogP contribution in [0.4, 0.5) is 0 Å². The molecule has 1 N–H and O–H groups in total. The first-order valence-corrected chi connectivity index (χ1v) is 7.54. The Morgan fingerprint density at radius 3 is 2.72 bits per heavy atom. The van der Waals surface area contributed by atoms with Crippen molar-refractivity contribution in [2.24, 2.45) is 5.92 Å². The largest absolute Gasteiger partial charge is 0.380 e. The molecular weight excluding hydrogens is 314 g/mol. The molecule has 1 aromatic rings. The highest BCUT2D eigenvalue weighted by Crippen LogP contribution is 2.29. The first kappa shape index (κ1) is 14.3. The lowest BCUT2D eigenvalue weighted by Gasteiger charge is -2.23. The topological polar surface area (TPSA) is 21.3 Å². The summed E-state index contributed by atoms with van der Waals surface area (Å²) in [5.41, 5.74) is 2.35. The molecule has 1 fully saturated rings.